The van der Waals surface area contributed by atoms with Crippen LogP contribution in [0.1, 0.15) is 71.1 Å². The van der Waals surface area contributed by atoms with Crippen LogP contribution < -0.4 is 56.5 Å². The summed E-state index contributed by atoms with van der Waals surface area (Å²) >= 11 is 0. The second-order valence-electron chi connectivity index (χ2n) is 5.24. The third-order valence-electron chi connectivity index (χ3n) is 3.17. The SMILES string of the molecule is CCCC/C=C/C=C/C([O-])=C/CCCCCCCC(=O)O.[K+]. The number of hydrogen-bond donors (Lipinski definition) is 1. The molecule has 0 saturated heterocycles. The monoisotopic (exact) mass is 332 g/mol. The Kier molecular flexibility index (Phi) is 21.2. The van der Waals surface area contributed by atoms with E-state index in [4.69, 9.17) is 5.11 Å². The molecule has 0 aliphatic rings. The molecule has 3 nitrogen and oxygen atoms in total. The molecule has 0 heterocycles. The van der Waals surface area contributed by atoms with Gasteiger partial charge in [0.05, 0.1) is 0 Å². The van der Waals surface area contributed by atoms with E-state index in [-0.39, 0.29) is 63.6 Å². The Hall–Kier alpha value is 0.126. The van der Waals surface area contributed by atoms with Crippen LogP contribution >= 0.6 is 0 Å². The van der Waals surface area contributed by atoms with E-state index >= 15 is 0 Å². The molecule has 0 aromatic rings. The minimum absolute atomic E-state index is 0. The molecule has 22 heavy (non-hydrogen) atoms. The minimum atomic E-state index is -0.718. The van der Waals surface area contributed by atoms with Gasteiger partial charge in [0.15, 0.2) is 0 Å². The molecule has 120 valence electrons. The van der Waals surface area contributed by atoms with Crippen LogP contribution in [0.15, 0.2) is 36.1 Å². The molecule has 0 spiro atoms. The predicted molar refractivity (Wildman–Crippen MR) is 85.8 cm³/mol. The molecule has 0 aromatic heterocycles. The van der Waals surface area contributed by atoms with Gasteiger partial charge in [-0.3, -0.25) is 4.79 Å². The van der Waals surface area contributed by atoms with Gasteiger partial charge in [-0.15, -0.1) is 5.76 Å². The summed E-state index contributed by atoms with van der Waals surface area (Å²) in [5.74, 6) is -0.648. The fourth-order valence-electron chi connectivity index (χ4n) is 1.91. The van der Waals surface area contributed by atoms with E-state index in [1.165, 1.54) is 12.8 Å². The van der Waals surface area contributed by atoms with Gasteiger partial charge in [-0.05, 0) is 25.7 Å². The van der Waals surface area contributed by atoms with E-state index in [1.807, 2.05) is 6.08 Å². The van der Waals surface area contributed by atoms with Crippen LogP contribution in [0, 0.1) is 0 Å². The Labute approximate surface area is 178 Å². The molecule has 0 amide bonds. The van der Waals surface area contributed by atoms with Gasteiger partial charge in [-0.25, -0.2) is 0 Å². The van der Waals surface area contributed by atoms with Crippen LogP contribution in [0.3, 0.4) is 0 Å². The molecule has 0 radical (unpaired) electrons. The largest absolute Gasteiger partial charge is 1.00 e. The second kappa shape index (κ2) is 19.2. The van der Waals surface area contributed by atoms with E-state index in [0.29, 0.717) is 0 Å². The zero-order valence-electron chi connectivity index (χ0n) is 14.2. The van der Waals surface area contributed by atoms with Gasteiger partial charge in [0.1, 0.15) is 0 Å². The first kappa shape index (κ1) is 24.4. The fraction of sp³-hybridized carbons (Fsp3) is 0.611. The molecule has 0 aliphatic heterocycles. The van der Waals surface area contributed by atoms with Gasteiger partial charge in [-0.2, -0.15) is 0 Å². The topological polar surface area (TPSA) is 60.4 Å². The van der Waals surface area contributed by atoms with Crippen molar-refractivity contribution in [3.05, 3.63) is 36.1 Å². The van der Waals surface area contributed by atoms with Crippen molar-refractivity contribution in [2.75, 3.05) is 0 Å². The molecule has 4 heteroatoms. The summed E-state index contributed by atoms with van der Waals surface area (Å²) in [6.45, 7) is 2.16. The van der Waals surface area contributed by atoms with E-state index < -0.39 is 5.97 Å². The average molecular weight is 333 g/mol. The Bertz CT molecular complexity index is 346. The maximum Gasteiger partial charge on any atom is 1.00 e. The first-order chi connectivity index (χ1) is 10.2. The van der Waals surface area contributed by atoms with Crippen molar-refractivity contribution in [3.8, 4) is 0 Å². The number of carboxylic acids is 1. The van der Waals surface area contributed by atoms with E-state index in [2.05, 4.69) is 13.0 Å². The van der Waals surface area contributed by atoms with Crippen LogP contribution in [0.4, 0.5) is 0 Å². The average Bonchev–Trinajstić information content (AvgIpc) is 2.45. The summed E-state index contributed by atoms with van der Waals surface area (Å²) in [5, 5.41) is 20.0. The van der Waals surface area contributed by atoms with Crippen LogP contribution in [0.5, 0.6) is 0 Å². The number of allylic oxidation sites excluding steroid dienone is 5. The number of hydrogen-bond acceptors (Lipinski definition) is 2. The summed E-state index contributed by atoms with van der Waals surface area (Å²) in [6.07, 6.45) is 18.5. The van der Waals surface area contributed by atoms with Gasteiger partial charge < -0.3 is 10.2 Å². The number of unbranched alkanes of at least 4 members (excludes halogenated alkanes) is 7. The van der Waals surface area contributed by atoms with Crippen molar-refractivity contribution in [3.63, 3.8) is 0 Å². The molecule has 1 N–H and O–H groups in total. The Morgan fingerprint density at radius 1 is 1.00 bits per heavy atom. The van der Waals surface area contributed by atoms with Crippen molar-refractivity contribution in [2.45, 2.75) is 71.1 Å². The van der Waals surface area contributed by atoms with E-state index in [9.17, 15) is 9.90 Å². The molecule has 0 unspecified atom stereocenters. The summed E-state index contributed by atoms with van der Waals surface area (Å²) in [4.78, 5) is 10.3. The van der Waals surface area contributed by atoms with Crippen molar-refractivity contribution in [2.24, 2.45) is 0 Å². The van der Waals surface area contributed by atoms with Crippen LogP contribution in [-0.4, -0.2) is 11.1 Å². The summed E-state index contributed by atoms with van der Waals surface area (Å²) in [7, 11) is 0. The smallest absolute Gasteiger partial charge is 0.873 e. The first-order valence-electron chi connectivity index (χ1n) is 8.09. The zero-order valence-corrected chi connectivity index (χ0v) is 17.3. The van der Waals surface area contributed by atoms with E-state index in [1.54, 1.807) is 18.2 Å². The zero-order chi connectivity index (χ0) is 15.8. The van der Waals surface area contributed by atoms with Gasteiger partial charge in [-0.1, -0.05) is 69.4 Å². The Morgan fingerprint density at radius 3 is 2.36 bits per heavy atom. The molecule has 0 fully saturated rings. The quantitative estimate of drug-likeness (QED) is 0.240. The molecule has 0 rings (SSSR count). The maximum absolute atomic E-state index is 11.5. The predicted octanol–water partition coefficient (Wildman–Crippen LogP) is 1.35. The van der Waals surface area contributed by atoms with Crippen LogP contribution in [0.2, 0.25) is 0 Å². The summed E-state index contributed by atoms with van der Waals surface area (Å²) < 4.78 is 0. The van der Waals surface area contributed by atoms with Crippen molar-refractivity contribution in [1.82, 2.24) is 0 Å². The number of carboxylic acid groups (broad SMARTS) is 1. The first-order valence-corrected chi connectivity index (χ1v) is 8.09. The van der Waals surface area contributed by atoms with Crippen molar-refractivity contribution >= 4 is 5.97 Å². The molecule has 0 bridgehead atoms. The van der Waals surface area contributed by atoms with Crippen LogP contribution in [-0.2, 0) is 4.79 Å². The molecular formula is C18H29KO3. The summed E-state index contributed by atoms with van der Waals surface area (Å²) in [6, 6.07) is 0. The molecule has 0 aliphatic carbocycles. The van der Waals surface area contributed by atoms with Crippen molar-refractivity contribution in [1.29, 1.82) is 0 Å². The molecular weight excluding hydrogens is 303 g/mol. The van der Waals surface area contributed by atoms with Crippen LogP contribution in [0.25, 0.3) is 0 Å². The molecule has 0 aromatic carbocycles. The van der Waals surface area contributed by atoms with Gasteiger partial charge in [0, 0.05) is 6.42 Å². The third-order valence-corrected chi connectivity index (χ3v) is 3.17. The maximum atomic E-state index is 11.5. The second-order valence-corrected chi connectivity index (χ2v) is 5.24. The normalized spacial score (nSPS) is 12.0. The van der Waals surface area contributed by atoms with Gasteiger partial charge in [0.25, 0.3) is 0 Å². The summed E-state index contributed by atoms with van der Waals surface area (Å²) in [5.41, 5.74) is 0. The van der Waals surface area contributed by atoms with Crippen molar-refractivity contribution < 1.29 is 66.4 Å². The number of carbonyl (C=O) groups is 1. The Balaban J connectivity index is 0. The van der Waals surface area contributed by atoms with E-state index in [0.717, 1.165) is 44.9 Å². The molecule has 0 atom stereocenters. The minimum Gasteiger partial charge on any atom is -0.873 e. The standard InChI is InChI=1S/C18H30O3.K/c1-2-3-4-5-8-11-14-17(19)15-12-9-6-7-10-13-16-18(20)21;/h5,8,11,14-15,19H,2-4,6-7,9-10,12-13,16H2,1H3,(H,20,21);/q;+1/p-1/b8-5+,14-11+,17-15-;. The van der Waals surface area contributed by atoms with Gasteiger partial charge in [0.2, 0.25) is 0 Å². The van der Waals surface area contributed by atoms with Gasteiger partial charge >= 0.3 is 57.4 Å². The third kappa shape index (κ3) is 20.1. The number of aliphatic carboxylic acids is 1. The molecule has 0 saturated carbocycles. The fourth-order valence-corrected chi connectivity index (χ4v) is 1.91. The Morgan fingerprint density at radius 2 is 1.68 bits per heavy atom. The number of rotatable bonds is 13.